The first-order valence-corrected chi connectivity index (χ1v) is 10.1. The first-order valence-electron chi connectivity index (χ1n) is 10.1. The van der Waals surface area contributed by atoms with Gasteiger partial charge in [0, 0.05) is 12.6 Å². The lowest BCUT2D eigenvalue weighted by molar-refractivity contribution is 0.128. The van der Waals surface area contributed by atoms with Crippen LogP contribution in [0.1, 0.15) is 30.4 Å². The third-order valence-corrected chi connectivity index (χ3v) is 6.61. The van der Waals surface area contributed by atoms with E-state index in [1.165, 1.54) is 58.5 Å². The van der Waals surface area contributed by atoms with E-state index in [0.717, 1.165) is 30.2 Å². The molecule has 2 aliphatic heterocycles. The number of hydrogen-bond donors (Lipinski definition) is 0. The summed E-state index contributed by atoms with van der Waals surface area (Å²) in [6.07, 6.45) is 5.07. The minimum absolute atomic E-state index is 0.660. The Bertz CT molecular complexity index is 1060. The number of methoxy groups -OCH3 is 3. The van der Waals surface area contributed by atoms with Gasteiger partial charge in [0.2, 0.25) is 0 Å². The zero-order valence-electron chi connectivity index (χ0n) is 16.9. The Hall–Kier alpha value is -2.46. The van der Waals surface area contributed by atoms with Crippen molar-refractivity contribution in [2.24, 2.45) is 0 Å². The van der Waals surface area contributed by atoms with E-state index in [4.69, 9.17) is 14.2 Å². The highest BCUT2D eigenvalue weighted by Gasteiger charge is 2.31. The van der Waals surface area contributed by atoms with E-state index in [0.29, 0.717) is 6.04 Å². The summed E-state index contributed by atoms with van der Waals surface area (Å²) in [6.45, 7) is 2.25. The van der Waals surface area contributed by atoms with E-state index in [9.17, 15) is 0 Å². The second-order valence-corrected chi connectivity index (χ2v) is 7.95. The highest BCUT2D eigenvalue weighted by Crippen LogP contribution is 2.44. The average molecular weight is 377 g/mol. The molecule has 4 heteroatoms. The molecule has 0 amide bonds. The van der Waals surface area contributed by atoms with Crippen LogP contribution in [-0.2, 0) is 13.0 Å². The summed E-state index contributed by atoms with van der Waals surface area (Å²) < 4.78 is 16.8. The van der Waals surface area contributed by atoms with Crippen LogP contribution in [0, 0.1) is 0 Å². The van der Waals surface area contributed by atoms with Crippen molar-refractivity contribution in [2.45, 2.75) is 38.3 Å². The van der Waals surface area contributed by atoms with Crippen molar-refractivity contribution in [1.29, 1.82) is 0 Å². The van der Waals surface area contributed by atoms with Gasteiger partial charge in [-0.25, -0.2) is 0 Å². The zero-order chi connectivity index (χ0) is 19.3. The van der Waals surface area contributed by atoms with Crippen LogP contribution in [0.15, 0.2) is 30.3 Å². The molecule has 2 aliphatic rings. The van der Waals surface area contributed by atoms with E-state index in [-0.39, 0.29) is 0 Å². The highest BCUT2D eigenvalue weighted by atomic mass is 16.5. The van der Waals surface area contributed by atoms with Crippen molar-refractivity contribution in [3.8, 4) is 17.2 Å². The lowest BCUT2D eigenvalue weighted by atomic mass is 9.82. The Morgan fingerprint density at radius 1 is 0.786 bits per heavy atom. The number of nitrogens with zero attached hydrogens (tertiary/aromatic N) is 1. The third-order valence-electron chi connectivity index (χ3n) is 6.61. The molecule has 0 spiro atoms. The largest absolute Gasteiger partial charge is 0.497 e. The monoisotopic (exact) mass is 377 g/mol. The van der Waals surface area contributed by atoms with Crippen LogP contribution in [0.25, 0.3) is 21.5 Å². The standard InChI is InChI=1S/C24H27NO3/c1-26-16-7-8-17-19(11-16)21-13-24(28-3)23(27-2)12-20(21)18-10-15-6-4-5-9-25(15)14-22(17)18/h7-8,11-13,15H,4-6,9-10,14H2,1-3H3/t15-/m0/s1. The molecule has 0 N–H and O–H groups in total. The number of benzene rings is 3. The Labute approximate surface area is 166 Å². The first-order chi connectivity index (χ1) is 13.7. The van der Waals surface area contributed by atoms with Gasteiger partial charge in [-0.15, -0.1) is 0 Å². The molecule has 146 valence electrons. The topological polar surface area (TPSA) is 30.9 Å². The van der Waals surface area contributed by atoms with Gasteiger partial charge >= 0.3 is 0 Å². The smallest absolute Gasteiger partial charge is 0.161 e. The molecular weight excluding hydrogens is 350 g/mol. The minimum atomic E-state index is 0.660. The van der Waals surface area contributed by atoms with Crippen LogP contribution in [0.4, 0.5) is 0 Å². The summed E-state index contributed by atoms with van der Waals surface area (Å²) in [4.78, 5) is 2.68. The fourth-order valence-electron chi connectivity index (χ4n) is 5.16. The van der Waals surface area contributed by atoms with E-state index in [1.54, 1.807) is 21.3 Å². The summed E-state index contributed by atoms with van der Waals surface area (Å²) in [6, 6.07) is 11.4. The lowest BCUT2D eigenvalue weighted by Gasteiger charge is -2.41. The molecule has 3 aromatic carbocycles. The summed E-state index contributed by atoms with van der Waals surface area (Å²) in [5, 5.41) is 5.07. The van der Waals surface area contributed by atoms with E-state index in [1.807, 2.05) is 0 Å². The maximum Gasteiger partial charge on any atom is 0.161 e. The Morgan fingerprint density at radius 2 is 1.54 bits per heavy atom. The van der Waals surface area contributed by atoms with Gasteiger partial charge in [-0.2, -0.15) is 0 Å². The van der Waals surface area contributed by atoms with E-state index in [2.05, 4.69) is 35.2 Å². The summed E-state index contributed by atoms with van der Waals surface area (Å²) in [7, 11) is 5.14. The molecule has 3 aromatic rings. The van der Waals surface area contributed by atoms with Crippen LogP contribution in [-0.4, -0.2) is 38.8 Å². The number of rotatable bonds is 3. The summed E-state index contributed by atoms with van der Waals surface area (Å²) in [5.41, 5.74) is 2.95. The Morgan fingerprint density at radius 3 is 2.29 bits per heavy atom. The van der Waals surface area contributed by atoms with Crippen molar-refractivity contribution < 1.29 is 14.2 Å². The van der Waals surface area contributed by atoms with Gasteiger partial charge < -0.3 is 14.2 Å². The molecule has 1 atom stereocenters. The van der Waals surface area contributed by atoms with Crippen molar-refractivity contribution in [2.75, 3.05) is 27.9 Å². The van der Waals surface area contributed by atoms with Crippen molar-refractivity contribution in [3.63, 3.8) is 0 Å². The summed E-state index contributed by atoms with van der Waals surface area (Å²) >= 11 is 0. The van der Waals surface area contributed by atoms with Crippen LogP contribution in [0.3, 0.4) is 0 Å². The number of hydrogen-bond acceptors (Lipinski definition) is 4. The van der Waals surface area contributed by atoms with E-state index < -0.39 is 0 Å². The van der Waals surface area contributed by atoms with Gasteiger partial charge in [-0.3, -0.25) is 4.90 Å². The van der Waals surface area contributed by atoms with Crippen LogP contribution in [0.5, 0.6) is 17.2 Å². The normalized spacial score (nSPS) is 19.3. The molecule has 4 nitrogen and oxygen atoms in total. The fraction of sp³-hybridized carbons (Fsp3) is 0.417. The van der Waals surface area contributed by atoms with Crippen LogP contribution >= 0.6 is 0 Å². The minimum Gasteiger partial charge on any atom is -0.497 e. The molecule has 5 rings (SSSR count). The van der Waals surface area contributed by atoms with E-state index >= 15 is 0 Å². The second kappa shape index (κ2) is 6.85. The molecular formula is C24H27NO3. The van der Waals surface area contributed by atoms with Gasteiger partial charge in [0.15, 0.2) is 11.5 Å². The molecule has 28 heavy (non-hydrogen) atoms. The summed E-state index contributed by atoms with van der Waals surface area (Å²) in [5.74, 6) is 2.45. The Kier molecular flexibility index (Phi) is 4.31. The second-order valence-electron chi connectivity index (χ2n) is 7.95. The van der Waals surface area contributed by atoms with Crippen molar-refractivity contribution in [3.05, 3.63) is 41.5 Å². The van der Waals surface area contributed by atoms with Crippen molar-refractivity contribution in [1.82, 2.24) is 4.90 Å². The number of fused-ring (bicyclic) bond motifs is 7. The number of piperidine rings is 1. The van der Waals surface area contributed by atoms with Crippen LogP contribution in [0.2, 0.25) is 0 Å². The van der Waals surface area contributed by atoms with Crippen LogP contribution < -0.4 is 14.2 Å². The maximum atomic E-state index is 5.64. The lowest BCUT2D eigenvalue weighted by Crippen LogP contribution is -2.43. The van der Waals surface area contributed by atoms with Gasteiger partial charge in [-0.05, 0) is 82.7 Å². The zero-order valence-corrected chi connectivity index (χ0v) is 16.9. The number of ether oxygens (including phenoxy) is 3. The van der Waals surface area contributed by atoms with Gasteiger partial charge in [0.1, 0.15) is 5.75 Å². The quantitative estimate of drug-likeness (QED) is 0.606. The molecule has 1 fully saturated rings. The molecule has 2 heterocycles. The predicted octanol–water partition coefficient (Wildman–Crippen LogP) is 4.93. The first kappa shape index (κ1) is 17.6. The van der Waals surface area contributed by atoms with Crippen molar-refractivity contribution >= 4 is 21.5 Å². The van der Waals surface area contributed by atoms with Gasteiger partial charge in [0.25, 0.3) is 0 Å². The molecule has 0 aliphatic carbocycles. The molecule has 0 radical (unpaired) electrons. The van der Waals surface area contributed by atoms with Gasteiger partial charge in [-0.1, -0.05) is 12.5 Å². The highest BCUT2D eigenvalue weighted by molar-refractivity contribution is 6.12. The Balaban J connectivity index is 1.85. The van der Waals surface area contributed by atoms with Gasteiger partial charge in [0.05, 0.1) is 21.3 Å². The average Bonchev–Trinajstić information content (AvgIpc) is 2.76. The molecule has 0 bridgehead atoms. The molecule has 0 unspecified atom stereocenters. The molecule has 0 aromatic heterocycles. The fourth-order valence-corrected chi connectivity index (χ4v) is 5.16. The molecule has 1 saturated heterocycles. The predicted molar refractivity (Wildman–Crippen MR) is 113 cm³/mol. The SMILES string of the molecule is COc1ccc2c3c(c4cc(OC)c(OC)cc4c2c1)C[C@@H]1CCCCN1C3. The third kappa shape index (κ3) is 2.62. The maximum absolute atomic E-state index is 5.64. The molecule has 0 saturated carbocycles.